The largest absolute Gasteiger partial charge is 0.477 e. The molecule has 2 saturated heterocycles. The van der Waals surface area contributed by atoms with Crippen molar-refractivity contribution in [1.29, 1.82) is 0 Å². The molecule has 2 heterocycles. The lowest BCUT2D eigenvalue weighted by molar-refractivity contribution is -0.340. The average molecular weight is 442 g/mol. The van der Waals surface area contributed by atoms with Crippen molar-refractivity contribution >= 4 is 5.97 Å². The van der Waals surface area contributed by atoms with Gasteiger partial charge in [0.2, 0.25) is 0 Å². The summed E-state index contributed by atoms with van der Waals surface area (Å²) in [6, 6.07) is 0. The normalized spacial score (nSPS) is 44.4. The van der Waals surface area contributed by atoms with Crippen LogP contribution in [0.15, 0.2) is 0 Å². The number of carboxylic acids is 1. The van der Waals surface area contributed by atoms with E-state index in [0.717, 1.165) is 0 Å². The lowest BCUT2D eigenvalue weighted by atomic mass is 9.84. The maximum absolute atomic E-state index is 12.0. The molecule has 0 bridgehead atoms. The van der Waals surface area contributed by atoms with Crippen LogP contribution < -0.4 is 0 Å². The van der Waals surface area contributed by atoms with Crippen molar-refractivity contribution in [2.24, 2.45) is 5.92 Å². The van der Waals surface area contributed by atoms with Crippen LogP contribution in [-0.4, -0.2) is 128 Å². The summed E-state index contributed by atoms with van der Waals surface area (Å²) in [6.45, 7) is -0.0155. The highest BCUT2D eigenvalue weighted by molar-refractivity contribution is 5.76. The van der Waals surface area contributed by atoms with Crippen molar-refractivity contribution in [1.82, 2.24) is 0 Å². The monoisotopic (exact) mass is 442 g/mol. The van der Waals surface area contributed by atoms with Crippen LogP contribution in [-0.2, 0) is 23.7 Å². The van der Waals surface area contributed by atoms with Gasteiger partial charge in [0.05, 0.1) is 25.4 Å². The molecule has 2 aliphatic rings. The number of aliphatic hydroxyl groups is 7. The van der Waals surface area contributed by atoms with E-state index in [1.54, 1.807) is 0 Å². The molecule has 0 aromatic carbocycles. The maximum atomic E-state index is 12.0. The van der Waals surface area contributed by atoms with Crippen LogP contribution in [0.3, 0.4) is 0 Å². The molecule has 0 aromatic heterocycles. The molecule has 2 rings (SSSR count). The Kier molecular flexibility index (Phi) is 8.51. The van der Waals surface area contributed by atoms with Crippen LogP contribution in [0.1, 0.15) is 13.3 Å². The van der Waals surface area contributed by atoms with Crippen LogP contribution in [0.2, 0.25) is 0 Å². The third kappa shape index (κ3) is 4.92. The molecule has 30 heavy (non-hydrogen) atoms. The van der Waals surface area contributed by atoms with Crippen LogP contribution in [0.4, 0.5) is 0 Å². The van der Waals surface area contributed by atoms with Gasteiger partial charge in [-0.15, -0.1) is 0 Å². The van der Waals surface area contributed by atoms with E-state index in [4.69, 9.17) is 24.1 Å². The fraction of sp³-hybridized carbons (Fsp3) is 0.941. The van der Waals surface area contributed by atoms with E-state index < -0.39 is 92.4 Å². The molecule has 176 valence electrons. The Balaban J connectivity index is 2.20. The first kappa shape index (κ1) is 25.3. The number of hydrogen-bond donors (Lipinski definition) is 8. The minimum absolute atomic E-state index is 0.552. The maximum Gasteiger partial charge on any atom is 0.364 e. The molecule has 0 aliphatic carbocycles. The smallest absolute Gasteiger partial charge is 0.364 e. The van der Waals surface area contributed by atoms with Gasteiger partial charge < -0.3 is 59.8 Å². The number of methoxy groups -OCH3 is 1. The predicted octanol–water partition coefficient (Wildman–Crippen LogP) is -4.26. The van der Waals surface area contributed by atoms with E-state index in [1.165, 1.54) is 14.0 Å². The fourth-order valence-electron chi connectivity index (χ4n) is 3.52. The number of aliphatic hydroxyl groups excluding tert-OH is 7. The fourth-order valence-corrected chi connectivity index (χ4v) is 3.52. The lowest BCUT2D eigenvalue weighted by Gasteiger charge is -2.46. The molecule has 0 saturated carbocycles. The highest BCUT2D eigenvalue weighted by atomic mass is 16.7. The summed E-state index contributed by atoms with van der Waals surface area (Å²) in [7, 11) is 1.19. The van der Waals surface area contributed by atoms with Crippen molar-refractivity contribution in [3.8, 4) is 0 Å². The molecule has 0 radical (unpaired) electrons. The van der Waals surface area contributed by atoms with Gasteiger partial charge in [0.15, 0.2) is 6.29 Å². The van der Waals surface area contributed by atoms with Crippen LogP contribution in [0, 0.1) is 5.92 Å². The first-order chi connectivity index (χ1) is 14.0. The van der Waals surface area contributed by atoms with E-state index in [9.17, 15) is 40.5 Å². The Bertz CT molecular complexity index is 574. The SMILES string of the molecule is CO[C@@H]1OC(CO[C@]2(C(=O)O)CC(O)[C@@H](C)C([C@H](O)[C@H](O)CO)O2)[C@H](O)C(O)[C@@H]1O. The topological polar surface area (TPSA) is 216 Å². The average Bonchev–Trinajstić information content (AvgIpc) is 2.72. The first-order valence-corrected chi connectivity index (χ1v) is 9.41. The Labute approximate surface area is 172 Å². The number of rotatable bonds is 8. The van der Waals surface area contributed by atoms with Gasteiger partial charge in [-0.25, -0.2) is 4.79 Å². The number of carboxylic acid groups (broad SMARTS) is 1. The van der Waals surface area contributed by atoms with E-state index in [2.05, 4.69) is 0 Å². The van der Waals surface area contributed by atoms with Crippen molar-refractivity contribution in [2.45, 2.75) is 74.3 Å². The second-order valence-electron chi connectivity index (χ2n) is 7.57. The van der Waals surface area contributed by atoms with Crippen molar-refractivity contribution in [3.63, 3.8) is 0 Å². The second kappa shape index (κ2) is 10.1. The van der Waals surface area contributed by atoms with Gasteiger partial charge in [0.1, 0.15) is 36.6 Å². The molecule has 0 aromatic rings. The van der Waals surface area contributed by atoms with Crippen LogP contribution in [0.25, 0.3) is 0 Å². The molecule has 0 spiro atoms. The predicted molar refractivity (Wildman–Crippen MR) is 93.8 cm³/mol. The van der Waals surface area contributed by atoms with E-state index in [1.807, 2.05) is 0 Å². The number of hydrogen-bond acceptors (Lipinski definition) is 12. The Hall–Kier alpha value is -0.970. The molecular formula is C17H30O13. The highest BCUT2D eigenvalue weighted by Gasteiger charge is 2.55. The third-order valence-electron chi connectivity index (χ3n) is 5.55. The zero-order valence-corrected chi connectivity index (χ0v) is 16.5. The molecule has 13 nitrogen and oxygen atoms in total. The van der Waals surface area contributed by atoms with Crippen molar-refractivity contribution in [3.05, 3.63) is 0 Å². The van der Waals surface area contributed by atoms with Gasteiger partial charge in [-0.05, 0) is 0 Å². The van der Waals surface area contributed by atoms with Gasteiger partial charge in [-0.1, -0.05) is 6.92 Å². The highest BCUT2D eigenvalue weighted by Crippen LogP contribution is 2.37. The summed E-state index contributed by atoms with van der Waals surface area (Å²) in [4.78, 5) is 12.0. The molecule has 2 fully saturated rings. The molecule has 11 atom stereocenters. The molecule has 8 N–H and O–H groups in total. The van der Waals surface area contributed by atoms with E-state index in [-0.39, 0.29) is 0 Å². The quantitative estimate of drug-likeness (QED) is 0.179. The third-order valence-corrected chi connectivity index (χ3v) is 5.55. The molecular weight excluding hydrogens is 412 g/mol. The summed E-state index contributed by atoms with van der Waals surface area (Å²) in [5, 5.41) is 78.8. The zero-order valence-electron chi connectivity index (χ0n) is 16.5. The summed E-state index contributed by atoms with van der Waals surface area (Å²) in [5.41, 5.74) is 0. The molecule has 4 unspecified atom stereocenters. The lowest BCUT2D eigenvalue weighted by Crippen LogP contribution is -2.63. The van der Waals surface area contributed by atoms with Crippen molar-refractivity contribution in [2.75, 3.05) is 20.3 Å². The number of ether oxygens (including phenoxy) is 4. The number of aliphatic carboxylic acids is 1. The summed E-state index contributed by atoms with van der Waals surface area (Å²) in [5.74, 6) is -4.96. The Morgan fingerprint density at radius 2 is 1.80 bits per heavy atom. The molecule has 0 amide bonds. The summed E-state index contributed by atoms with van der Waals surface area (Å²) in [6.07, 6.45) is -14.2. The van der Waals surface area contributed by atoms with Crippen LogP contribution in [0.5, 0.6) is 0 Å². The molecule has 2 aliphatic heterocycles. The van der Waals surface area contributed by atoms with E-state index in [0.29, 0.717) is 0 Å². The van der Waals surface area contributed by atoms with Gasteiger partial charge in [0.25, 0.3) is 5.79 Å². The molecule has 13 heteroatoms. The minimum Gasteiger partial charge on any atom is -0.477 e. The van der Waals surface area contributed by atoms with Crippen LogP contribution >= 0.6 is 0 Å². The standard InChI is InChI=1S/C17H30O13/c1-6-7(19)3-17(16(25)26,30-14(6)10(21)8(20)4-18)28-5-9-11(22)12(23)13(24)15(27-2)29-9/h6-15,18-24H,3-5H2,1-2H3,(H,25,26)/t6-,7?,8-,9?,10-,11+,12?,13+,14?,15-,17-/m1/s1. The Morgan fingerprint density at radius 1 is 1.17 bits per heavy atom. The second-order valence-corrected chi connectivity index (χ2v) is 7.57. The summed E-state index contributed by atoms with van der Waals surface area (Å²) < 4.78 is 21.0. The Morgan fingerprint density at radius 3 is 2.33 bits per heavy atom. The van der Waals surface area contributed by atoms with Crippen molar-refractivity contribution < 1.29 is 64.6 Å². The van der Waals surface area contributed by atoms with Gasteiger partial charge >= 0.3 is 5.97 Å². The first-order valence-electron chi connectivity index (χ1n) is 9.41. The van der Waals surface area contributed by atoms with Gasteiger partial charge in [-0.2, -0.15) is 0 Å². The zero-order chi connectivity index (χ0) is 22.8. The number of carbonyl (C=O) groups is 1. The van der Waals surface area contributed by atoms with Gasteiger partial charge in [0, 0.05) is 19.4 Å². The minimum atomic E-state index is -2.49. The summed E-state index contributed by atoms with van der Waals surface area (Å²) >= 11 is 0. The van der Waals surface area contributed by atoms with E-state index >= 15 is 0 Å². The van der Waals surface area contributed by atoms with Gasteiger partial charge in [-0.3, -0.25) is 0 Å².